The molecule has 1 amide bonds. The monoisotopic (exact) mass is 436 g/mol. The number of carbonyl (C=O) groups is 1. The summed E-state index contributed by atoms with van der Waals surface area (Å²) in [5, 5.41) is 2.52. The molecular formula is C25H22F2N2O3. The standard InChI is InChI=1S/C25H22F2N2O3/c1-14(2)13-29-21-12-18(15(3)11-22(21)32-25(29)31)16-7-9-17(10-8-16)28-24(30)23-19(26)5-4-6-20(23)27/h4-12,14H,13H2,1-3H3,(H,28,30). The van der Waals surface area contributed by atoms with E-state index in [0.29, 0.717) is 17.8 Å². The lowest BCUT2D eigenvalue weighted by molar-refractivity contribution is 0.101. The molecule has 0 aliphatic rings. The van der Waals surface area contributed by atoms with E-state index in [9.17, 15) is 18.4 Å². The summed E-state index contributed by atoms with van der Waals surface area (Å²) in [6, 6.07) is 13.9. The lowest BCUT2D eigenvalue weighted by Gasteiger charge is -2.11. The third kappa shape index (κ3) is 4.06. The zero-order chi connectivity index (χ0) is 23.0. The molecule has 1 heterocycles. The van der Waals surface area contributed by atoms with Crippen molar-refractivity contribution in [3.8, 4) is 11.1 Å². The zero-order valence-corrected chi connectivity index (χ0v) is 17.9. The van der Waals surface area contributed by atoms with Crippen molar-refractivity contribution < 1.29 is 18.0 Å². The Kier molecular flexibility index (Phi) is 5.65. The summed E-state index contributed by atoms with van der Waals surface area (Å²) in [4.78, 5) is 24.6. The number of rotatable bonds is 5. The van der Waals surface area contributed by atoms with Gasteiger partial charge in [-0.3, -0.25) is 9.36 Å². The molecule has 1 N–H and O–H groups in total. The van der Waals surface area contributed by atoms with Crippen LogP contribution in [0.25, 0.3) is 22.2 Å². The van der Waals surface area contributed by atoms with E-state index in [1.54, 1.807) is 28.8 Å². The molecule has 0 unspecified atom stereocenters. The largest absolute Gasteiger partial charge is 0.419 e. The maximum Gasteiger partial charge on any atom is 0.419 e. The van der Waals surface area contributed by atoms with Crippen molar-refractivity contribution in [2.75, 3.05) is 5.32 Å². The highest BCUT2D eigenvalue weighted by atomic mass is 19.1. The van der Waals surface area contributed by atoms with Crippen LogP contribution in [0.1, 0.15) is 29.8 Å². The second-order valence-electron chi connectivity index (χ2n) is 8.14. The fourth-order valence-corrected chi connectivity index (χ4v) is 3.70. The second-order valence-corrected chi connectivity index (χ2v) is 8.14. The Balaban J connectivity index is 1.65. The minimum absolute atomic E-state index is 0.278. The molecule has 0 saturated heterocycles. The first-order chi connectivity index (χ1) is 15.2. The number of oxazole rings is 1. The molecule has 0 fully saturated rings. The van der Waals surface area contributed by atoms with Crippen LogP contribution >= 0.6 is 0 Å². The molecule has 7 heteroatoms. The highest BCUT2D eigenvalue weighted by Crippen LogP contribution is 2.29. The van der Waals surface area contributed by atoms with Crippen molar-refractivity contribution in [1.82, 2.24) is 4.57 Å². The fourth-order valence-electron chi connectivity index (χ4n) is 3.70. The summed E-state index contributed by atoms with van der Waals surface area (Å²) < 4.78 is 34.7. The van der Waals surface area contributed by atoms with E-state index in [0.717, 1.165) is 34.3 Å². The smallest absolute Gasteiger partial charge is 0.408 e. The van der Waals surface area contributed by atoms with Gasteiger partial charge in [-0.25, -0.2) is 13.6 Å². The molecule has 0 bridgehead atoms. The van der Waals surface area contributed by atoms with E-state index >= 15 is 0 Å². The first kappa shape index (κ1) is 21.5. The number of aromatic nitrogens is 1. The van der Waals surface area contributed by atoms with Crippen LogP contribution in [-0.4, -0.2) is 10.5 Å². The maximum atomic E-state index is 13.8. The molecule has 0 atom stereocenters. The Bertz CT molecular complexity index is 1350. The van der Waals surface area contributed by atoms with Crippen LogP contribution < -0.4 is 11.1 Å². The van der Waals surface area contributed by atoms with Crippen LogP contribution in [-0.2, 0) is 6.54 Å². The molecule has 0 radical (unpaired) electrons. The van der Waals surface area contributed by atoms with E-state index < -0.39 is 23.1 Å². The second kappa shape index (κ2) is 8.42. The average molecular weight is 436 g/mol. The normalized spacial score (nSPS) is 11.3. The lowest BCUT2D eigenvalue weighted by atomic mass is 9.99. The molecule has 32 heavy (non-hydrogen) atoms. The van der Waals surface area contributed by atoms with Crippen LogP contribution in [0.15, 0.2) is 63.8 Å². The Hall–Kier alpha value is -3.74. The van der Waals surface area contributed by atoms with Crippen LogP contribution in [0.2, 0.25) is 0 Å². The van der Waals surface area contributed by atoms with E-state index in [4.69, 9.17) is 4.42 Å². The van der Waals surface area contributed by atoms with Crippen molar-refractivity contribution in [1.29, 1.82) is 0 Å². The molecule has 4 aromatic rings. The summed E-state index contributed by atoms with van der Waals surface area (Å²) in [7, 11) is 0. The Morgan fingerprint density at radius 2 is 1.72 bits per heavy atom. The number of benzene rings is 3. The number of fused-ring (bicyclic) bond motifs is 1. The lowest BCUT2D eigenvalue weighted by Crippen LogP contribution is -2.17. The molecule has 3 aromatic carbocycles. The van der Waals surface area contributed by atoms with Gasteiger partial charge in [0, 0.05) is 12.2 Å². The molecule has 4 rings (SSSR count). The maximum absolute atomic E-state index is 13.8. The number of anilines is 1. The van der Waals surface area contributed by atoms with E-state index in [1.807, 2.05) is 32.9 Å². The van der Waals surface area contributed by atoms with Gasteiger partial charge < -0.3 is 9.73 Å². The number of nitrogens with zero attached hydrogens (tertiary/aromatic N) is 1. The van der Waals surface area contributed by atoms with Crippen LogP contribution in [0.4, 0.5) is 14.5 Å². The zero-order valence-electron chi connectivity index (χ0n) is 17.9. The van der Waals surface area contributed by atoms with Gasteiger partial charge in [0.05, 0.1) is 5.52 Å². The van der Waals surface area contributed by atoms with Gasteiger partial charge in [0.1, 0.15) is 17.2 Å². The number of aryl methyl sites for hydroxylation is 1. The van der Waals surface area contributed by atoms with Crippen LogP contribution in [0.5, 0.6) is 0 Å². The van der Waals surface area contributed by atoms with Crippen molar-refractivity contribution >= 4 is 22.7 Å². The van der Waals surface area contributed by atoms with Crippen molar-refractivity contribution in [2.45, 2.75) is 27.3 Å². The number of halogens is 2. The predicted octanol–water partition coefficient (Wildman–Crippen LogP) is 5.76. The topological polar surface area (TPSA) is 64.2 Å². The van der Waals surface area contributed by atoms with Gasteiger partial charge in [0.25, 0.3) is 5.91 Å². The molecule has 164 valence electrons. The van der Waals surface area contributed by atoms with E-state index in [-0.39, 0.29) is 11.7 Å². The number of hydrogen-bond acceptors (Lipinski definition) is 3. The summed E-state index contributed by atoms with van der Waals surface area (Å²) in [6.45, 7) is 6.53. The van der Waals surface area contributed by atoms with Crippen molar-refractivity contribution in [3.05, 3.63) is 87.9 Å². The average Bonchev–Trinajstić information content (AvgIpc) is 3.01. The van der Waals surface area contributed by atoms with Gasteiger partial charge in [-0.2, -0.15) is 0 Å². The molecular weight excluding hydrogens is 414 g/mol. The predicted molar refractivity (Wildman–Crippen MR) is 120 cm³/mol. The number of nitrogens with one attached hydrogen (secondary N) is 1. The van der Waals surface area contributed by atoms with Gasteiger partial charge in [-0.1, -0.05) is 32.0 Å². The van der Waals surface area contributed by atoms with Gasteiger partial charge in [-0.05, 0) is 65.9 Å². The van der Waals surface area contributed by atoms with Gasteiger partial charge in [0.15, 0.2) is 5.58 Å². The highest BCUT2D eigenvalue weighted by Gasteiger charge is 2.18. The number of hydrogen-bond donors (Lipinski definition) is 1. The molecule has 1 aromatic heterocycles. The minimum atomic E-state index is -0.921. The summed E-state index contributed by atoms with van der Waals surface area (Å²) in [5.74, 6) is -2.81. The molecule has 0 saturated carbocycles. The fraction of sp³-hybridized carbons (Fsp3) is 0.200. The summed E-state index contributed by atoms with van der Waals surface area (Å²) in [6.07, 6.45) is 0. The summed E-state index contributed by atoms with van der Waals surface area (Å²) >= 11 is 0. The molecule has 0 aliphatic carbocycles. The Morgan fingerprint density at radius 3 is 2.34 bits per heavy atom. The third-order valence-electron chi connectivity index (χ3n) is 5.21. The van der Waals surface area contributed by atoms with Crippen molar-refractivity contribution in [2.24, 2.45) is 5.92 Å². The van der Waals surface area contributed by atoms with Gasteiger partial charge in [0.2, 0.25) is 0 Å². The quantitative estimate of drug-likeness (QED) is 0.433. The highest BCUT2D eigenvalue weighted by molar-refractivity contribution is 6.04. The molecule has 0 spiro atoms. The molecule has 0 aliphatic heterocycles. The Morgan fingerprint density at radius 1 is 1.06 bits per heavy atom. The van der Waals surface area contributed by atoms with Crippen LogP contribution in [0, 0.1) is 24.5 Å². The molecule has 5 nitrogen and oxygen atoms in total. The van der Waals surface area contributed by atoms with E-state index in [2.05, 4.69) is 5.32 Å². The first-order valence-electron chi connectivity index (χ1n) is 10.2. The van der Waals surface area contributed by atoms with Gasteiger partial charge >= 0.3 is 5.76 Å². The van der Waals surface area contributed by atoms with Crippen molar-refractivity contribution in [3.63, 3.8) is 0 Å². The Labute approximate surface area is 183 Å². The van der Waals surface area contributed by atoms with Crippen LogP contribution in [0.3, 0.4) is 0 Å². The minimum Gasteiger partial charge on any atom is -0.408 e. The summed E-state index contributed by atoms with van der Waals surface area (Å²) in [5.41, 5.74) is 3.73. The third-order valence-corrected chi connectivity index (χ3v) is 5.21. The van der Waals surface area contributed by atoms with E-state index in [1.165, 1.54) is 6.07 Å². The first-order valence-corrected chi connectivity index (χ1v) is 10.2. The SMILES string of the molecule is Cc1cc2oc(=O)n(CC(C)C)c2cc1-c1ccc(NC(=O)c2c(F)cccc2F)cc1. The number of amides is 1. The number of carbonyl (C=O) groups excluding carboxylic acids is 1. The van der Waals surface area contributed by atoms with Gasteiger partial charge in [-0.15, -0.1) is 0 Å².